The third-order valence-corrected chi connectivity index (χ3v) is 6.65. The van der Waals surface area contributed by atoms with Crippen molar-refractivity contribution in [3.63, 3.8) is 0 Å². The molecule has 0 unspecified atom stereocenters. The summed E-state index contributed by atoms with van der Waals surface area (Å²) in [6, 6.07) is 15.9. The molecule has 1 heterocycles. The van der Waals surface area contributed by atoms with Crippen LogP contribution >= 0.6 is 15.9 Å². The summed E-state index contributed by atoms with van der Waals surface area (Å²) in [5.74, 6) is 0. The van der Waals surface area contributed by atoms with Crippen molar-refractivity contribution in [1.82, 2.24) is 14.5 Å². The van der Waals surface area contributed by atoms with Crippen molar-refractivity contribution in [3.05, 3.63) is 64.6 Å². The van der Waals surface area contributed by atoms with Crippen molar-refractivity contribution in [2.24, 2.45) is 0 Å². The number of urea groups is 1. The summed E-state index contributed by atoms with van der Waals surface area (Å²) < 4.78 is 27.6. The van der Waals surface area contributed by atoms with Crippen molar-refractivity contribution in [1.29, 1.82) is 0 Å². The molecule has 0 bridgehead atoms. The van der Waals surface area contributed by atoms with Gasteiger partial charge in [-0.15, -0.1) is 0 Å². The molecule has 1 N–H and O–H groups in total. The topological polar surface area (TPSA) is 69.7 Å². The predicted molar refractivity (Wildman–Crippen MR) is 103 cm³/mol. The molecule has 1 aliphatic heterocycles. The zero-order chi connectivity index (χ0) is 18.6. The van der Waals surface area contributed by atoms with Crippen LogP contribution in [0.15, 0.2) is 64.0 Å². The molecule has 1 fully saturated rings. The van der Waals surface area contributed by atoms with Crippen LogP contribution in [0, 0.1) is 0 Å². The molecule has 0 saturated carbocycles. The van der Waals surface area contributed by atoms with Crippen molar-refractivity contribution in [2.45, 2.75) is 11.4 Å². The first-order valence-corrected chi connectivity index (χ1v) is 10.5. The van der Waals surface area contributed by atoms with Crippen LogP contribution in [-0.4, -0.2) is 49.8 Å². The molecule has 1 saturated heterocycles. The minimum atomic E-state index is -3.50. The number of amides is 2. The van der Waals surface area contributed by atoms with E-state index < -0.39 is 10.0 Å². The SMILES string of the molecule is O=C(NCc1cccc(Br)c1)N1CCN(S(=O)(=O)c2ccccc2)CC1. The Labute approximate surface area is 162 Å². The lowest BCUT2D eigenvalue weighted by molar-refractivity contribution is 0.172. The van der Waals surface area contributed by atoms with Crippen LogP contribution in [0.1, 0.15) is 5.56 Å². The van der Waals surface area contributed by atoms with Gasteiger partial charge in [-0.3, -0.25) is 0 Å². The van der Waals surface area contributed by atoms with Crippen molar-refractivity contribution in [3.8, 4) is 0 Å². The van der Waals surface area contributed by atoms with E-state index in [2.05, 4.69) is 21.2 Å². The molecule has 1 aliphatic rings. The van der Waals surface area contributed by atoms with Gasteiger partial charge in [0.25, 0.3) is 0 Å². The number of piperazine rings is 1. The summed E-state index contributed by atoms with van der Waals surface area (Å²) in [5.41, 5.74) is 0.998. The number of nitrogens with one attached hydrogen (secondary N) is 1. The number of hydrogen-bond donors (Lipinski definition) is 1. The van der Waals surface area contributed by atoms with Gasteiger partial charge in [0, 0.05) is 37.2 Å². The summed E-state index contributed by atoms with van der Waals surface area (Å²) in [7, 11) is -3.50. The summed E-state index contributed by atoms with van der Waals surface area (Å²) in [6.45, 7) is 1.76. The van der Waals surface area contributed by atoms with E-state index in [9.17, 15) is 13.2 Å². The van der Waals surface area contributed by atoms with Crippen molar-refractivity contribution >= 4 is 32.0 Å². The minimum Gasteiger partial charge on any atom is -0.334 e. The van der Waals surface area contributed by atoms with Crippen LogP contribution in [0.25, 0.3) is 0 Å². The fraction of sp³-hybridized carbons (Fsp3) is 0.278. The Bertz CT molecular complexity index is 866. The predicted octanol–water partition coefficient (Wildman–Crippen LogP) is 2.67. The molecule has 3 rings (SSSR count). The van der Waals surface area contributed by atoms with Crippen LogP contribution in [0.4, 0.5) is 4.79 Å². The van der Waals surface area contributed by atoms with E-state index in [4.69, 9.17) is 0 Å². The number of halogens is 1. The van der Waals surface area contributed by atoms with E-state index in [-0.39, 0.29) is 10.9 Å². The Morgan fingerprint density at radius 1 is 1.00 bits per heavy atom. The Hall–Kier alpha value is -1.90. The first-order valence-electron chi connectivity index (χ1n) is 8.29. The molecular weight excluding hydrogens is 418 g/mol. The van der Waals surface area contributed by atoms with E-state index in [1.807, 2.05) is 24.3 Å². The number of nitrogens with zero attached hydrogens (tertiary/aromatic N) is 2. The molecule has 8 heteroatoms. The second-order valence-corrected chi connectivity index (χ2v) is 8.85. The maximum absolute atomic E-state index is 12.6. The van der Waals surface area contributed by atoms with Gasteiger partial charge in [0.15, 0.2) is 0 Å². The van der Waals surface area contributed by atoms with Crippen molar-refractivity contribution in [2.75, 3.05) is 26.2 Å². The Morgan fingerprint density at radius 3 is 2.35 bits per heavy atom. The van der Waals surface area contributed by atoms with Gasteiger partial charge in [-0.2, -0.15) is 4.31 Å². The third-order valence-electron chi connectivity index (χ3n) is 4.24. The quantitative estimate of drug-likeness (QED) is 0.798. The monoisotopic (exact) mass is 437 g/mol. The molecule has 2 aromatic rings. The highest BCUT2D eigenvalue weighted by molar-refractivity contribution is 9.10. The van der Waals surface area contributed by atoms with Crippen LogP contribution in [0.5, 0.6) is 0 Å². The van der Waals surface area contributed by atoms with Gasteiger partial charge in [0.1, 0.15) is 0 Å². The van der Waals surface area contributed by atoms with Crippen molar-refractivity contribution < 1.29 is 13.2 Å². The second-order valence-electron chi connectivity index (χ2n) is 5.99. The molecule has 6 nitrogen and oxygen atoms in total. The number of benzene rings is 2. The normalized spacial score (nSPS) is 15.7. The van der Waals surface area contributed by atoms with E-state index in [0.717, 1.165) is 10.0 Å². The fourth-order valence-corrected chi connectivity index (χ4v) is 4.70. The average Bonchev–Trinajstić information content (AvgIpc) is 2.67. The van der Waals surface area contributed by atoms with Gasteiger partial charge in [-0.25, -0.2) is 13.2 Å². The maximum Gasteiger partial charge on any atom is 0.317 e. The number of carbonyl (C=O) groups is 1. The summed E-state index contributed by atoms with van der Waals surface area (Å²) in [6.07, 6.45) is 0. The highest BCUT2D eigenvalue weighted by Crippen LogP contribution is 2.17. The molecule has 2 aromatic carbocycles. The van der Waals surface area contributed by atoms with Gasteiger partial charge >= 0.3 is 6.03 Å². The first kappa shape index (κ1) is 18.9. The van der Waals surface area contributed by atoms with Gasteiger partial charge in [-0.05, 0) is 29.8 Å². The fourth-order valence-electron chi connectivity index (χ4n) is 2.81. The largest absolute Gasteiger partial charge is 0.334 e. The van der Waals surface area contributed by atoms with Crippen LogP contribution in [0.3, 0.4) is 0 Å². The lowest BCUT2D eigenvalue weighted by atomic mass is 10.2. The number of hydrogen-bond acceptors (Lipinski definition) is 3. The van der Waals surface area contributed by atoms with Gasteiger partial charge in [0.05, 0.1) is 4.90 Å². The van der Waals surface area contributed by atoms with Crippen LogP contribution in [-0.2, 0) is 16.6 Å². The molecule has 0 radical (unpaired) electrons. The molecule has 26 heavy (non-hydrogen) atoms. The lowest BCUT2D eigenvalue weighted by Crippen LogP contribution is -2.52. The highest BCUT2D eigenvalue weighted by Gasteiger charge is 2.29. The van der Waals surface area contributed by atoms with Crippen LogP contribution < -0.4 is 5.32 Å². The summed E-state index contributed by atoms with van der Waals surface area (Å²) >= 11 is 3.40. The molecule has 0 spiro atoms. The Morgan fingerprint density at radius 2 is 1.69 bits per heavy atom. The maximum atomic E-state index is 12.6. The van der Waals surface area contributed by atoms with E-state index in [0.29, 0.717) is 32.7 Å². The molecular formula is C18H20BrN3O3S. The highest BCUT2D eigenvalue weighted by atomic mass is 79.9. The van der Waals surface area contributed by atoms with Gasteiger partial charge < -0.3 is 10.2 Å². The minimum absolute atomic E-state index is 0.179. The molecule has 0 atom stereocenters. The molecule has 0 aromatic heterocycles. The third kappa shape index (κ3) is 4.44. The zero-order valence-corrected chi connectivity index (χ0v) is 16.5. The smallest absolute Gasteiger partial charge is 0.317 e. The standard InChI is InChI=1S/C18H20BrN3O3S/c19-16-6-4-5-15(13-16)14-20-18(23)21-9-11-22(12-10-21)26(24,25)17-7-2-1-3-8-17/h1-8,13H,9-12,14H2,(H,20,23). The average molecular weight is 438 g/mol. The lowest BCUT2D eigenvalue weighted by Gasteiger charge is -2.34. The second kappa shape index (κ2) is 8.20. The Balaban J connectivity index is 1.54. The molecule has 2 amide bonds. The van der Waals surface area contributed by atoms with E-state index in [1.165, 1.54) is 4.31 Å². The molecule has 0 aliphatic carbocycles. The van der Waals surface area contributed by atoms with Gasteiger partial charge in [0.2, 0.25) is 10.0 Å². The zero-order valence-electron chi connectivity index (χ0n) is 14.1. The van der Waals surface area contributed by atoms with E-state index >= 15 is 0 Å². The first-order chi connectivity index (χ1) is 12.5. The number of carbonyl (C=O) groups excluding carboxylic acids is 1. The number of rotatable bonds is 4. The summed E-state index contributed by atoms with van der Waals surface area (Å²) in [4.78, 5) is 14.3. The van der Waals surface area contributed by atoms with E-state index in [1.54, 1.807) is 35.2 Å². The van der Waals surface area contributed by atoms with Crippen LogP contribution in [0.2, 0.25) is 0 Å². The molecule has 138 valence electrons. The Kier molecular flexibility index (Phi) is 5.95. The number of sulfonamides is 1. The van der Waals surface area contributed by atoms with Gasteiger partial charge in [-0.1, -0.05) is 46.3 Å². The summed E-state index contributed by atoms with van der Waals surface area (Å²) in [5, 5.41) is 2.88.